The Balaban J connectivity index is 2.18. The van der Waals surface area contributed by atoms with E-state index in [-0.39, 0.29) is 18.3 Å². The lowest BCUT2D eigenvalue weighted by Gasteiger charge is -2.10. The van der Waals surface area contributed by atoms with Crippen molar-refractivity contribution >= 4 is 17.2 Å². The number of amides is 1. The van der Waals surface area contributed by atoms with Gasteiger partial charge in [-0.1, -0.05) is 12.1 Å². The van der Waals surface area contributed by atoms with Crippen molar-refractivity contribution in [3.05, 3.63) is 40.9 Å². The van der Waals surface area contributed by atoms with E-state index in [0.717, 1.165) is 23.5 Å². The molecule has 2 aromatic rings. The summed E-state index contributed by atoms with van der Waals surface area (Å²) in [6, 6.07) is 4.61. The number of hydrogen-bond acceptors (Lipinski definition) is 4. The molecule has 0 aliphatic rings. The van der Waals surface area contributed by atoms with Crippen molar-refractivity contribution in [1.82, 2.24) is 10.3 Å². The normalized spacial score (nSPS) is 12.9. The molecular weight excluding hydrogens is 329 g/mol. The molecule has 0 spiro atoms. The molecule has 1 aromatic carbocycles. The monoisotopic (exact) mass is 344 g/mol. The third kappa shape index (κ3) is 4.52. The van der Waals surface area contributed by atoms with E-state index in [2.05, 4.69) is 10.3 Å². The average molecular weight is 344 g/mol. The summed E-state index contributed by atoms with van der Waals surface area (Å²) in [7, 11) is 0. The van der Waals surface area contributed by atoms with E-state index in [4.69, 9.17) is 5.11 Å². The Hall–Kier alpha value is -1.93. The van der Waals surface area contributed by atoms with Crippen LogP contribution in [0.15, 0.2) is 29.6 Å². The first-order valence-corrected chi connectivity index (χ1v) is 7.74. The molecule has 0 saturated heterocycles. The molecule has 0 aliphatic carbocycles. The van der Waals surface area contributed by atoms with E-state index in [1.165, 1.54) is 17.5 Å². The number of hydrogen-bond donors (Lipinski definition) is 2. The molecule has 2 N–H and O–H groups in total. The van der Waals surface area contributed by atoms with Crippen molar-refractivity contribution in [1.29, 1.82) is 0 Å². The zero-order valence-corrected chi connectivity index (χ0v) is 13.0. The smallest absolute Gasteiger partial charge is 0.396 e. The summed E-state index contributed by atoms with van der Waals surface area (Å²) in [6.45, 7) is 1.70. The highest BCUT2D eigenvalue weighted by Crippen LogP contribution is 2.33. The number of aliphatic hydroxyl groups is 1. The van der Waals surface area contributed by atoms with Crippen LogP contribution in [0.1, 0.15) is 29.4 Å². The number of halogens is 3. The van der Waals surface area contributed by atoms with Crippen LogP contribution in [-0.2, 0) is 6.18 Å². The third-order valence-corrected chi connectivity index (χ3v) is 4.00. The molecule has 1 amide bonds. The summed E-state index contributed by atoms with van der Waals surface area (Å²) in [5.41, 5.74) is -0.299. The van der Waals surface area contributed by atoms with Crippen molar-refractivity contribution in [3.8, 4) is 10.6 Å². The lowest BCUT2D eigenvalue weighted by Crippen LogP contribution is -2.33. The first-order chi connectivity index (χ1) is 10.8. The second-order valence-electron chi connectivity index (χ2n) is 5.00. The van der Waals surface area contributed by atoms with Crippen LogP contribution in [0.3, 0.4) is 0 Å². The number of aliphatic hydroxyl groups excluding tert-OH is 1. The van der Waals surface area contributed by atoms with Gasteiger partial charge in [-0.2, -0.15) is 13.2 Å². The van der Waals surface area contributed by atoms with Crippen LogP contribution in [0.4, 0.5) is 13.2 Å². The zero-order chi connectivity index (χ0) is 17.0. The van der Waals surface area contributed by atoms with Crippen LogP contribution in [-0.4, -0.2) is 28.6 Å². The minimum atomic E-state index is -4.42. The molecule has 0 saturated carbocycles. The molecule has 1 atom stereocenters. The number of carbonyl (C=O) groups excluding carboxylic acids is 1. The van der Waals surface area contributed by atoms with Gasteiger partial charge in [-0.3, -0.25) is 4.79 Å². The van der Waals surface area contributed by atoms with Crippen LogP contribution in [0, 0.1) is 0 Å². The molecule has 4 nitrogen and oxygen atoms in total. The number of thiazole rings is 1. The van der Waals surface area contributed by atoms with Crippen LogP contribution in [0.2, 0.25) is 0 Å². The minimum absolute atomic E-state index is 0.0476. The fourth-order valence-corrected chi connectivity index (χ4v) is 2.70. The Morgan fingerprint density at radius 1 is 1.43 bits per heavy atom. The number of alkyl halides is 3. The minimum Gasteiger partial charge on any atom is -0.396 e. The van der Waals surface area contributed by atoms with Gasteiger partial charge in [0.05, 0.1) is 5.56 Å². The lowest BCUT2D eigenvalue weighted by atomic mass is 10.1. The van der Waals surface area contributed by atoms with Crippen LogP contribution >= 0.6 is 11.3 Å². The Kier molecular flexibility index (Phi) is 5.38. The Morgan fingerprint density at radius 2 is 2.17 bits per heavy atom. The molecule has 8 heteroatoms. The van der Waals surface area contributed by atoms with Crippen molar-refractivity contribution in [2.24, 2.45) is 0 Å². The molecular formula is C15H15F3N2O2S. The third-order valence-electron chi connectivity index (χ3n) is 3.11. The molecule has 0 fully saturated rings. The van der Waals surface area contributed by atoms with Crippen molar-refractivity contribution in [3.63, 3.8) is 0 Å². The SMILES string of the molecule is CC(CCO)NC(=O)c1csc(-c2cccc(C(F)(F)F)c2)n1. The zero-order valence-electron chi connectivity index (χ0n) is 12.2. The first kappa shape index (κ1) is 17.4. The molecule has 0 bridgehead atoms. The van der Waals surface area contributed by atoms with E-state index < -0.39 is 17.6 Å². The maximum Gasteiger partial charge on any atom is 0.416 e. The second kappa shape index (κ2) is 7.10. The lowest BCUT2D eigenvalue weighted by molar-refractivity contribution is -0.137. The highest BCUT2D eigenvalue weighted by molar-refractivity contribution is 7.13. The molecule has 23 heavy (non-hydrogen) atoms. The van der Waals surface area contributed by atoms with Gasteiger partial charge in [0.2, 0.25) is 0 Å². The summed E-state index contributed by atoms with van der Waals surface area (Å²) < 4.78 is 38.2. The van der Waals surface area contributed by atoms with Gasteiger partial charge in [0, 0.05) is 23.6 Å². The van der Waals surface area contributed by atoms with Crippen LogP contribution in [0.25, 0.3) is 10.6 Å². The van der Waals surface area contributed by atoms with Gasteiger partial charge >= 0.3 is 6.18 Å². The fraction of sp³-hybridized carbons (Fsp3) is 0.333. The molecule has 1 unspecified atom stereocenters. The molecule has 2 rings (SSSR count). The number of nitrogens with one attached hydrogen (secondary N) is 1. The van der Waals surface area contributed by atoms with Gasteiger partial charge in [0.1, 0.15) is 10.7 Å². The summed E-state index contributed by atoms with van der Waals surface area (Å²) in [6.07, 6.45) is -4.01. The van der Waals surface area contributed by atoms with E-state index >= 15 is 0 Å². The molecule has 0 aliphatic heterocycles. The van der Waals surface area contributed by atoms with E-state index in [9.17, 15) is 18.0 Å². The molecule has 1 aromatic heterocycles. The van der Waals surface area contributed by atoms with Gasteiger partial charge in [-0.25, -0.2) is 4.98 Å². The number of benzene rings is 1. The Morgan fingerprint density at radius 3 is 2.83 bits per heavy atom. The highest BCUT2D eigenvalue weighted by Gasteiger charge is 2.30. The predicted octanol–water partition coefficient (Wildman–Crippen LogP) is 3.33. The number of rotatable bonds is 5. The largest absolute Gasteiger partial charge is 0.416 e. The van der Waals surface area contributed by atoms with Gasteiger partial charge < -0.3 is 10.4 Å². The van der Waals surface area contributed by atoms with Gasteiger partial charge in [0.15, 0.2) is 0 Å². The number of nitrogens with zero attached hydrogens (tertiary/aromatic N) is 1. The molecule has 0 radical (unpaired) electrons. The maximum absolute atomic E-state index is 12.7. The number of carbonyl (C=O) groups is 1. The average Bonchev–Trinajstić information content (AvgIpc) is 2.96. The standard InChI is InChI=1S/C15H15F3N2O2S/c1-9(5-6-21)19-13(22)12-8-23-14(20-12)10-3-2-4-11(7-10)15(16,17)18/h2-4,7-9,21H,5-6H2,1H3,(H,19,22). The highest BCUT2D eigenvalue weighted by atomic mass is 32.1. The fourth-order valence-electron chi connectivity index (χ4n) is 1.90. The molecule has 1 heterocycles. The first-order valence-electron chi connectivity index (χ1n) is 6.86. The second-order valence-corrected chi connectivity index (χ2v) is 5.86. The summed E-state index contributed by atoms with van der Waals surface area (Å²) >= 11 is 1.10. The van der Waals surface area contributed by atoms with Crippen LogP contribution in [0.5, 0.6) is 0 Å². The Bertz CT molecular complexity index is 685. The predicted molar refractivity (Wildman–Crippen MR) is 81.2 cm³/mol. The van der Waals surface area contributed by atoms with Gasteiger partial charge in [-0.15, -0.1) is 11.3 Å². The maximum atomic E-state index is 12.7. The molecule has 124 valence electrons. The van der Waals surface area contributed by atoms with E-state index in [1.807, 2.05) is 0 Å². The van der Waals surface area contributed by atoms with Gasteiger partial charge in [-0.05, 0) is 25.5 Å². The quantitative estimate of drug-likeness (QED) is 0.875. The Labute approximate surface area is 135 Å². The van der Waals surface area contributed by atoms with Crippen molar-refractivity contribution in [2.75, 3.05) is 6.61 Å². The summed E-state index contributed by atoms with van der Waals surface area (Å²) in [5.74, 6) is -0.416. The topological polar surface area (TPSA) is 62.2 Å². The summed E-state index contributed by atoms with van der Waals surface area (Å²) in [4.78, 5) is 16.1. The van der Waals surface area contributed by atoms with Crippen LogP contribution < -0.4 is 5.32 Å². The van der Waals surface area contributed by atoms with Crippen molar-refractivity contribution < 1.29 is 23.1 Å². The van der Waals surface area contributed by atoms with E-state index in [0.29, 0.717) is 17.0 Å². The summed E-state index contributed by atoms with van der Waals surface area (Å²) in [5, 5.41) is 13.3. The van der Waals surface area contributed by atoms with E-state index in [1.54, 1.807) is 6.92 Å². The number of aromatic nitrogens is 1. The van der Waals surface area contributed by atoms with Crippen molar-refractivity contribution in [2.45, 2.75) is 25.6 Å². The van der Waals surface area contributed by atoms with Gasteiger partial charge in [0.25, 0.3) is 5.91 Å².